The summed E-state index contributed by atoms with van der Waals surface area (Å²) in [7, 11) is -3.09. The minimum Gasteiger partial charge on any atom is -0.478 e. The van der Waals surface area contributed by atoms with Crippen molar-refractivity contribution < 1.29 is 62.4 Å². The molecular weight excluding hydrogens is 828 g/mol. The summed E-state index contributed by atoms with van der Waals surface area (Å²) >= 11 is 5.96. The number of carbonyl (C=O) groups is 1. The number of rotatable bonds is 9. The van der Waals surface area contributed by atoms with E-state index in [-0.39, 0.29) is 17.5 Å². The molecular formula is C31H32ClF9N11O4P. The minimum atomic E-state index is -10.7. The molecule has 0 bridgehead atoms. The van der Waals surface area contributed by atoms with Crippen molar-refractivity contribution in [3.8, 4) is 6.01 Å². The first-order valence-electron chi connectivity index (χ1n) is 15.9. The molecule has 3 aromatic heterocycles. The van der Waals surface area contributed by atoms with Crippen LogP contribution in [0.1, 0.15) is 28.8 Å². The number of carboxylic acids is 1. The molecule has 6 rings (SSSR count). The fourth-order valence-electron chi connectivity index (χ4n) is 4.55. The zero-order chi connectivity index (χ0) is 42.5. The van der Waals surface area contributed by atoms with Gasteiger partial charge in [0.1, 0.15) is 5.52 Å². The molecule has 0 atom stereocenters. The first-order valence-corrected chi connectivity index (χ1v) is 18.3. The van der Waals surface area contributed by atoms with Crippen molar-refractivity contribution in [3.05, 3.63) is 83.0 Å². The van der Waals surface area contributed by atoms with Crippen molar-refractivity contribution in [1.82, 2.24) is 40.0 Å². The number of carboxylic acid groups (broad SMARTS) is 1. The van der Waals surface area contributed by atoms with Crippen molar-refractivity contribution in [2.75, 3.05) is 45.4 Å². The molecule has 1 aliphatic rings. The molecule has 0 saturated heterocycles. The molecule has 26 heteroatoms. The fourth-order valence-corrected chi connectivity index (χ4v) is 4.67. The maximum atomic E-state index is 12.6. The Labute approximate surface area is 321 Å². The number of hydrogen-bond acceptors (Lipinski definition) is 11. The SMILES string of the molecule is CN(C)C(On1nnc2cccnc21)=[N+](C)C.F[P-](F)(F)(F)(F)F.O=C(O)c1ccc(Nc2nc(NC3(c4ccc(Cl)cc4)CC3)nc(OCC(F)(F)F)n2)cc1. The Morgan fingerprint density at radius 1 is 0.965 bits per heavy atom. The summed E-state index contributed by atoms with van der Waals surface area (Å²) in [6.45, 7) is -1.56. The van der Waals surface area contributed by atoms with Gasteiger partial charge in [-0.05, 0) is 77.0 Å². The van der Waals surface area contributed by atoms with Gasteiger partial charge in [0.2, 0.25) is 17.5 Å². The second-order valence-electron chi connectivity index (χ2n) is 12.3. The van der Waals surface area contributed by atoms with E-state index in [1.54, 1.807) is 18.3 Å². The summed E-state index contributed by atoms with van der Waals surface area (Å²) in [5.74, 6) is -1.13. The van der Waals surface area contributed by atoms with Gasteiger partial charge in [0.15, 0.2) is 6.61 Å². The van der Waals surface area contributed by atoms with Crippen LogP contribution < -0.4 is 20.2 Å². The maximum Gasteiger partial charge on any atom is 0.422 e. The molecule has 3 heterocycles. The number of hydrogen-bond donors (Lipinski definition) is 3. The molecule has 57 heavy (non-hydrogen) atoms. The molecule has 5 aromatic rings. The molecule has 0 radical (unpaired) electrons. The number of ether oxygens (including phenoxy) is 1. The Morgan fingerprint density at radius 3 is 2.09 bits per heavy atom. The predicted molar refractivity (Wildman–Crippen MR) is 190 cm³/mol. The number of benzene rings is 2. The topological polar surface area (TPSA) is 168 Å². The summed E-state index contributed by atoms with van der Waals surface area (Å²) in [5.41, 5.74) is 2.25. The first kappa shape index (κ1) is 44.0. The fraction of sp³-hybridized carbons (Fsp3) is 0.290. The molecule has 3 N–H and O–H groups in total. The van der Waals surface area contributed by atoms with Gasteiger partial charge >= 0.3 is 57.2 Å². The number of nitrogens with one attached hydrogen (secondary N) is 2. The van der Waals surface area contributed by atoms with Crippen molar-refractivity contribution in [3.63, 3.8) is 0 Å². The Kier molecular flexibility index (Phi) is 12.3. The van der Waals surface area contributed by atoms with E-state index < -0.39 is 38.1 Å². The third kappa shape index (κ3) is 15.0. The Balaban J connectivity index is 0.000000248. The second kappa shape index (κ2) is 16.0. The number of aromatic nitrogens is 7. The molecule has 1 fully saturated rings. The number of amidine groups is 1. The third-order valence-electron chi connectivity index (χ3n) is 6.98. The quantitative estimate of drug-likeness (QED) is 0.0432. The van der Waals surface area contributed by atoms with Crippen molar-refractivity contribution >= 4 is 60.1 Å². The molecule has 0 spiro atoms. The van der Waals surface area contributed by atoms with Crippen LogP contribution in [0.15, 0.2) is 66.9 Å². The Hall–Kier alpha value is -5.77. The summed E-state index contributed by atoms with van der Waals surface area (Å²) in [4.78, 5) is 36.1. The number of alkyl halides is 3. The number of nitrogens with zero attached hydrogens (tertiary/aromatic N) is 9. The molecule has 0 unspecified atom stereocenters. The van der Waals surface area contributed by atoms with E-state index in [4.69, 9.17) is 26.3 Å². The van der Waals surface area contributed by atoms with E-state index in [1.165, 1.54) is 29.1 Å². The van der Waals surface area contributed by atoms with Crippen LogP contribution in [-0.2, 0) is 5.54 Å². The Morgan fingerprint density at radius 2 is 1.56 bits per heavy atom. The average molecular weight is 860 g/mol. The zero-order valence-corrected chi connectivity index (χ0v) is 31.5. The van der Waals surface area contributed by atoms with Gasteiger partial charge in [-0.3, -0.25) is 4.84 Å². The van der Waals surface area contributed by atoms with E-state index in [2.05, 4.69) is 40.9 Å². The molecule has 0 aliphatic heterocycles. The van der Waals surface area contributed by atoms with Crippen LogP contribution >= 0.6 is 19.4 Å². The van der Waals surface area contributed by atoms with Crippen LogP contribution in [0.2, 0.25) is 5.02 Å². The van der Waals surface area contributed by atoms with Gasteiger partial charge < -0.3 is 20.5 Å². The van der Waals surface area contributed by atoms with Crippen LogP contribution in [0.3, 0.4) is 0 Å². The summed E-state index contributed by atoms with van der Waals surface area (Å²) in [6, 6.07) is 16.7. The molecule has 1 aliphatic carbocycles. The minimum absolute atomic E-state index is 0.0271. The predicted octanol–water partition coefficient (Wildman–Crippen LogP) is 7.84. The van der Waals surface area contributed by atoms with Gasteiger partial charge in [-0.15, -0.1) is 5.10 Å². The number of fused-ring (bicyclic) bond motifs is 1. The van der Waals surface area contributed by atoms with Crippen LogP contribution in [0.25, 0.3) is 11.2 Å². The first-order chi connectivity index (χ1) is 26.2. The average Bonchev–Trinajstić information content (AvgIpc) is 3.75. The van der Waals surface area contributed by atoms with Crippen LogP contribution in [0.4, 0.5) is 55.9 Å². The van der Waals surface area contributed by atoms with Gasteiger partial charge in [0, 0.05) is 16.9 Å². The van der Waals surface area contributed by atoms with Gasteiger partial charge in [-0.1, -0.05) is 23.7 Å². The maximum absolute atomic E-state index is 12.6. The number of pyridine rings is 1. The van der Waals surface area contributed by atoms with Gasteiger partial charge in [-0.2, -0.15) is 28.1 Å². The molecule has 15 nitrogen and oxygen atoms in total. The van der Waals surface area contributed by atoms with E-state index in [9.17, 15) is 43.1 Å². The largest absolute Gasteiger partial charge is 0.478 e. The van der Waals surface area contributed by atoms with E-state index in [1.807, 2.05) is 61.9 Å². The Bertz CT molecular complexity index is 2210. The second-order valence-corrected chi connectivity index (χ2v) is 14.7. The number of anilines is 3. The molecule has 2 aromatic carbocycles. The monoisotopic (exact) mass is 859 g/mol. The molecule has 0 amide bonds. The normalized spacial score (nSPS) is 14.3. The van der Waals surface area contributed by atoms with E-state index >= 15 is 0 Å². The third-order valence-corrected chi connectivity index (χ3v) is 7.23. The summed E-state index contributed by atoms with van der Waals surface area (Å²) in [6.07, 6.45) is -1.37. The van der Waals surface area contributed by atoms with Crippen LogP contribution in [0, 0.1) is 0 Å². The van der Waals surface area contributed by atoms with Crippen LogP contribution in [0.5, 0.6) is 6.01 Å². The van der Waals surface area contributed by atoms with E-state index in [0.29, 0.717) is 27.9 Å². The summed E-state index contributed by atoms with van der Waals surface area (Å²) in [5, 5.41) is 23.5. The molecule has 310 valence electrons. The van der Waals surface area contributed by atoms with Crippen molar-refractivity contribution in [2.45, 2.75) is 24.6 Å². The number of aromatic carboxylic acids is 1. The standard InChI is InChI=1S/C21H17ClF3N5O3.C10H15N6O.F6P/c22-14-5-3-13(4-6-14)20(9-10-20)30-18-27-17(28-19(29-18)33-11-21(23,24)25)26-15-7-1-12(2-8-15)16(31)32;1-14(2)10(15(3)4)17-16-9-8(12-13-16)6-5-7-11-9;1-7(2,3,4,5)6/h1-8H,9-11H2,(H,31,32)(H2,26,27,28,29,30);5-7H,1-4H3;/q;+1;-1. The van der Waals surface area contributed by atoms with Gasteiger partial charge in [0.05, 0.1) is 39.3 Å². The number of halogens is 10. The van der Waals surface area contributed by atoms with Crippen molar-refractivity contribution in [1.29, 1.82) is 0 Å². The smallest absolute Gasteiger partial charge is 0.422 e. The molecule has 1 saturated carbocycles. The van der Waals surface area contributed by atoms with Crippen molar-refractivity contribution in [2.24, 2.45) is 0 Å². The van der Waals surface area contributed by atoms with Gasteiger partial charge in [-0.25, -0.2) is 19.3 Å². The zero-order valence-electron chi connectivity index (χ0n) is 29.9. The van der Waals surface area contributed by atoms with E-state index in [0.717, 1.165) is 18.4 Å². The van der Waals surface area contributed by atoms with Crippen LogP contribution in [-0.4, -0.2) is 103 Å². The van der Waals surface area contributed by atoms with Gasteiger partial charge in [0.25, 0.3) is 0 Å². The summed E-state index contributed by atoms with van der Waals surface area (Å²) < 4.78 is 104.